The number of nitro groups is 1. The van der Waals surface area contributed by atoms with Crippen LogP contribution in [0.15, 0.2) is 42.1 Å². The Bertz CT molecular complexity index is 484. The molecule has 0 bridgehead atoms. The molecule has 0 amide bonds. The third-order valence-electron chi connectivity index (χ3n) is 2.09. The topological polar surface area (TPSA) is 69.4 Å². The Balaban J connectivity index is 2.51. The van der Waals surface area contributed by atoms with E-state index in [2.05, 4.69) is 5.73 Å². The van der Waals surface area contributed by atoms with Crippen molar-refractivity contribution in [2.75, 3.05) is 6.61 Å². The molecule has 0 aliphatic carbocycles. The van der Waals surface area contributed by atoms with Crippen LogP contribution in [-0.2, 0) is 4.74 Å². The third-order valence-corrected chi connectivity index (χ3v) is 2.09. The van der Waals surface area contributed by atoms with Crippen molar-refractivity contribution in [1.29, 1.82) is 0 Å². The minimum absolute atomic E-state index is 0.0532. The number of ether oxygens (including phenoxy) is 1. The molecule has 0 aliphatic rings. The van der Waals surface area contributed by atoms with E-state index in [9.17, 15) is 14.9 Å². The van der Waals surface area contributed by atoms with Gasteiger partial charge in [0.25, 0.3) is 5.69 Å². The fourth-order valence-corrected chi connectivity index (χ4v) is 1.21. The van der Waals surface area contributed by atoms with Gasteiger partial charge >= 0.3 is 5.97 Å². The van der Waals surface area contributed by atoms with Gasteiger partial charge in [0, 0.05) is 18.6 Å². The van der Waals surface area contributed by atoms with Crippen LogP contribution in [0.5, 0.6) is 0 Å². The summed E-state index contributed by atoms with van der Waals surface area (Å²) in [5, 5.41) is 10.4. The normalized spacial score (nSPS) is 9.17. The Labute approximate surface area is 105 Å². The van der Waals surface area contributed by atoms with Crippen molar-refractivity contribution in [2.24, 2.45) is 0 Å². The Kier molecular flexibility index (Phi) is 5.35. The molecule has 0 radical (unpaired) electrons. The standard InChI is InChI=1S/C13H13NO4/c1-2-3-4-5-10-18-13(15)11-6-8-12(9-7-11)14(16)17/h2,4,6-9H,5,10H2,1H3. The molecular weight excluding hydrogens is 234 g/mol. The second-order valence-corrected chi connectivity index (χ2v) is 3.39. The lowest BCUT2D eigenvalue weighted by atomic mass is 10.2. The molecule has 0 fully saturated rings. The monoisotopic (exact) mass is 247 g/mol. The quantitative estimate of drug-likeness (QED) is 0.264. The summed E-state index contributed by atoms with van der Waals surface area (Å²) in [6, 6.07) is 5.30. The molecule has 0 aromatic heterocycles. The van der Waals surface area contributed by atoms with Gasteiger partial charge in [0.15, 0.2) is 0 Å². The van der Waals surface area contributed by atoms with Crippen molar-refractivity contribution in [2.45, 2.75) is 13.3 Å². The lowest BCUT2D eigenvalue weighted by molar-refractivity contribution is -0.384. The van der Waals surface area contributed by atoms with E-state index in [0.717, 1.165) is 0 Å². The predicted molar refractivity (Wildman–Crippen MR) is 66.3 cm³/mol. The molecule has 0 saturated heterocycles. The van der Waals surface area contributed by atoms with Gasteiger partial charge in [-0.25, -0.2) is 4.79 Å². The molecule has 0 unspecified atom stereocenters. The maximum Gasteiger partial charge on any atom is 0.338 e. The molecule has 1 aromatic rings. The lowest BCUT2D eigenvalue weighted by Gasteiger charge is -2.02. The maximum atomic E-state index is 11.5. The lowest BCUT2D eigenvalue weighted by Crippen LogP contribution is -2.05. The molecule has 0 aliphatic heterocycles. The summed E-state index contributed by atoms with van der Waals surface area (Å²) < 4.78 is 4.98. The van der Waals surface area contributed by atoms with Crippen molar-refractivity contribution in [3.8, 4) is 0 Å². The van der Waals surface area contributed by atoms with Crippen LogP contribution in [-0.4, -0.2) is 17.5 Å². The van der Waals surface area contributed by atoms with E-state index >= 15 is 0 Å². The Morgan fingerprint density at radius 1 is 1.44 bits per heavy atom. The number of rotatable bonds is 5. The van der Waals surface area contributed by atoms with Gasteiger partial charge < -0.3 is 4.74 Å². The number of esters is 1. The van der Waals surface area contributed by atoms with E-state index in [1.54, 1.807) is 12.2 Å². The van der Waals surface area contributed by atoms with Crippen molar-refractivity contribution >= 4 is 11.7 Å². The zero-order valence-electron chi connectivity index (χ0n) is 9.96. The molecule has 0 spiro atoms. The molecule has 5 nitrogen and oxygen atoms in total. The van der Waals surface area contributed by atoms with Gasteiger partial charge in [-0.2, -0.15) is 0 Å². The number of hydrogen-bond acceptors (Lipinski definition) is 4. The SMILES string of the molecule is CC=C=CCCOC(=O)c1ccc([N+](=O)[O-])cc1. The van der Waals surface area contributed by atoms with Crippen LogP contribution < -0.4 is 0 Å². The molecule has 0 atom stereocenters. The molecule has 5 heteroatoms. The van der Waals surface area contributed by atoms with Gasteiger partial charge in [-0.15, -0.1) is 5.73 Å². The minimum Gasteiger partial charge on any atom is -0.462 e. The van der Waals surface area contributed by atoms with Crippen LogP contribution >= 0.6 is 0 Å². The summed E-state index contributed by atoms with van der Waals surface area (Å²) in [5.41, 5.74) is 3.11. The van der Waals surface area contributed by atoms with E-state index in [1.165, 1.54) is 24.3 Å². The zero-order chi connectivity index (χ0) is 13.4. The van der Waals surface area contributed by atoms with Crippen LogP contribution in [0.2, 0.25) is 0 Å². The van der Waals surface area contributed by atoms with Gasteiger partial charge in [-0.1, -0.05) is 0 Å². The van der Waals surface area contributed by atoms with Crippen LogP contribution in [0.4, 0.5) is 5.69 Å². The van der Waals surface area contributed by atoms with E-state index in [0.29, 0.717) is 12.0 Å². The Morgan fingerprint density at radius 3 is 2.67 bits per heavy atom. The van der Waals surface area contributed by atoms with Crippen molar-refractivity contribution in [3.63, 3.8) is 0 Å². The van der Waals surface area contributed by atoms with Gasteiger partial charge in [0.1, 0.15) is 0 Å². The Hall–Kier alpha value is -2.39. The molecule has 94 valence electrons. The van der Waals surface area contributed by atoms with Gasteiger partial charge in [0.05, 0.1) is 17.1 Å². The van der Waals surface area contributed by atoms with Crippen LogP contribution in [0, 0.1) is 10.1 Å². The van der Waals surface area contributed by atoms with Crippen molar-refractivity contribution in [1.82, 2.24) is 0 Å². The number of nitrogens with zero attached hydrogens (tertiary/aromatic N) is 1. The first-order valence-electron chi connectivity index (χ1n) is 5.42. The van der Waals surface area contributed by atoms with Gasteiger partial charge in [0.2, 0.25) is 0 Å². The molecule has 0 heterocycles. The van der Waals surface area contributed by atoms with E-state index < -0.39 is 10.9 Å². The molecule has 0 saturated carbocycles. The summed E-state index contributed by atoms with van der Waals surface area (Å²) >= 11 is 0. The highest BCUT2D eigenvalue weighted by molar-refractivity contribution is 5.89. The third kappa shape index (κ3) is 4.23. The smallest absolute Gasteiger partial charge is 0.338 e. The number of hydrogen-bond donors (Lipinski definition) is 0. The molecule has 0 N–H and O–H groups in total. The van der Waals surface area contributed by atoms with Crippen molar-refractivity contribution < 1.29 is 14.5 Å². The molecule has 1 aromatic carbocycles. The first-order chi connectivity index (χ1) is 8.65. The average Bonchev–Trinajstić information content (AvgIpc) is 2.38. The van der Waals surface area contributed by atoms with E-state index in [-0.39, 0.29) is 12.3 Å². The number of carbonyl (C=O) groups is 1. The second kappa shape index (κ2) is 7.04. The second-order valence-electron chi connectivity index (χ2n) is 3.39. The highest BCUT2D eigenvalue weighted by Crippen LogP contribution is 2.12. The largest absolute Gasteiger partial charge is 0.462 e. The van der Waals surface area contributed by atoms with Crippen LogP contribution in [0.3, 0.4) is 0 Å². The van der Waals surface area contributed by atoms with Gasteiger partial charge in [-0.05, 0) is 31.2 Å². The fraction of sp³-hybridized carbons (Fsp3) is 0.231. The average molecular weight is 247 g/mol. The molecule has 18 heavy (non-hydrogen) atoms. The van der Waals surface area contributed by atoms with Gasteiger partial charge in [-0.3, -0.25) is 10.1 Å². The summed E-state index contributed by atoms with van der Waals surface area (Å²) in [6.07, 6.45) is 4.12. The summed E-state index contributed by atoms with van der Waals surface area (Å²) in [7, 11) is 0. The number of non-ortho nitro benzene ring substituents is 1. The first-order valence-corrected chi connectivity index (χ1v) is 5.42. The highest BCUT2D eigenvalue weighted by Gasteiger charge is 2.09. The summed E-state index contributed by atoms with van der Waals surface area (Å²) in [5.74, 6) is -0.487. The van der Waals surface area contributed by atoms with Crippen LogP contribution in [0.25, 0.3) is 0 Å². The summed E-state index contributed by atoms with van der Waals surface area (Å²) in [6.45, 7) is 2.11. The number of benzene rings is 1. The van der Waals surface area contributed by atoms with Crippen molar-refractivity contribution in [3.05, 3.63) is 57.8 Å². The summed E-state index contributed by atoms with van der Waals surface area (Å²) in [4.78, 5) is 21.4. The van der Waals surface area contributed by atoms with Crippen LogP contribution in [0.1, 0.15) is 23.7 Å². The highest BCUT2D eigenvalue weighted by atomic mass is 16.6. The number of nitro benzene ring substituents is 1. The predicted octanol–water partition coefficient (Wildman–Crippen LogP) is 2.87. The fourth-order valence-electron chi connectivity index (χ4n) is 1.21. The molecule has 1 rings (SSSR count). The minimum atomic E-state index is -0.517. The molecular formula is C13H13NO4. The zero-order valence-corrected chi connectivity index (χ0v) is 9.96. The van der Waals surface area contributed by atoms with E-state index in [1.807, 2.05) is 6.92 Å². The first kappa shape index (κ1) is 13.7. The van der Waals surface area contributed by atoms with E-state index in [4.69, 9.17) is 4.74 Å². The maximum absolute atomic E-state index is 11.5. The number of carbonyl (C=O) groups excluding carboxylic acids is 1. The Morgan fingerprint density at radius 2 is 2.11 bits per heavy atom.